The smallest absolute Gasteiger partial charge is 0.416 e. The molecule has 0 aliphatic carbocycles. The van der Waals surface area contributed by atoms with Gasteiger partial charge in [0.15, 0.2) is 5.96 Å². The molecule has 162 valence electrons. The Morgan fingerprint density at radius 1 is 1.27 bits per heavy atom. The Kier molecular flexibility index (Phi) is 6.48. The number of benzene rings is 1. The first-order valence-electron chi connectivity index (χ1n) is 9.32. The van der Waals surface area contributed by atoms with Gasteiger partial charge in [-0.1, -0.05) is 0 Å². The summed E-state index contributed by atoms with van der Waals surface area (Å²) in [6.45, 7) is 1.89. The van der Waals surface area contributed by atoms with Crippen LogP contribution in [0.25, 0.3) is 0 Å². The van der Waals surface area contributed by atoms with Gasteiger partial charge in [0.05, 0.1) is 24.0 Å². The van der Waals surface area contributed by atoms with Crippen LogP contribution in [0.5, 0.6) is 5.75 Å². The highest BCUT2D eigenvalue weighted by atomic mass is 19.4. The Morgan fingerprint density at radius 3 is 2.57 bits per heavy atom. The molecule has 1 aromatic carbocycles. The molecule has 0 bridgehead atoms. The lowest BCUT2D eigenvalue weighted by Crippen LogP contribution is -2.55. The van der Waals surface area contributed by atoms with Gasteiger partial charge in [-0.3, -0.25) is 14.5 Å². The van der Waals surface area contributed by atoms with Crippen molar-refractivity contribution >= 4 is 17.6 Å². The molecule has 0 radical (unpaired) electrons. The van der Waals surface area contributed by atoms with E-state index in [1.54, 1.807) is 36.1 Å². The largest absolute Gasteiger partial charge is 0.492 e. The fraction of sp³-hybridized carbons (Fsp3) is 0.421. The third-order valence-corrected chi connectivity index (χ3v) is 4.57. The Labute approximate surface area is 171 Å². The molecule has 0 saturated carbocycles. The molecule has 1 saturated heterocycles. The maximum atomic E-state index is 12.6. The summed E-state index contributed by atoms with van der Waals surface area (Å²) in [5.41, 5.74) is 0.0403. The number of amides is 1. The Morgan fingerprint density at radius 2 is 2.00 bits per heavy atom. The summed E-state index contributed by atoms with van der Waals surface area (Å²) in [6.07, 6.45) is -0.927. The van der Waals surface area contributed by atoms with Crippen LogP contribution in [0.2, 0.25) is 0 Å². The second-order valence-electron chi connectivity index (χ2n) is 6.68. The number of ether oxygens (including phenoxy) is 1. The van der Waals surface area contributed by atoms with Crippen molar-refractivity contribution in [1.29, 1.82) is 0 Å². The number of guanidine groups is 1. The number of aliphatic imine (C=N–C) groups is 1. The van der Waals surface area contributed by atoms with Crippen LogP contribution in [0.1, 0.15) is 5.56 Å². The van der Waals surface area contributed by atoms with Crippen LogP contribution in [-0.4, -0.2) is 66.4 Å². The predicted octanol–water partition coefficient (Wildman–Crippen LogP) is 1.74. The van der Waals surface area contributed by atoms with Crippen molar-refractivity contribution in [3.05, 3.63) is 42.2 Å². The molecule has 1 amide bonds. The number of nitrogens with zero attached hydrogens (tertiary/aromatic N) is 5. The zero-order valence-corrected chi connectivity index (χ0v) is 16.7. The number of hydrogen-bond acceptors (Lipinski definition) is 4. The van der Waals surface area contributed by atoms with Crippen molar-refractivity contribution in [3.63, 3.8) is 0 Å². The molecular weight excluding hydrogens is 401 g/mol. The van der Waals surface area contributed by atoms with Crippen LogP contribution in [0, 0.1) is 0 Å². The van der Waals surface area contributed by atoms with E-state index in [2.05, 4.69) is 15.4 Å². The first kappa shape index (κ1) is 21.5. The SMILES string of the molecule is CN=C(NCCOc1ccc(C(F)(F)F)cc1)N1CCN(c2cnn(C)c2)C(=O)C1. The lowest BCUT2D eigenvalue weighted by molar-refractivity contribution is -0.137. The van der Waals surface area contributed by atoms with Crippen molar-refractivity contribution < 1.29 is 22.7 Å². The summed E-state index contributed by atoms with van der Waals surface area (Å²) in [7, 11) is 3.42. The number of alkyl halides is 3. The van der Waals surface area contributed by atoms with Gasteiger partial charge in [-0.25, -0.2) is 0 Å². The summed E-state index contributed by atoms with van der Waals surface area (Å²) >= 11 is 0. The van der Waals surface area contributed by atoms with E-state index in [1.165, 1.54) is 12.1 Å². The van der Waals surface area contributed by atoms with E-state index in [1.807, 2.05) is 4.90 Å². The number of rotatable bonds is 5. The van der Waals surface area contributed by atoms with E-state index in [0.29, 0.717) is 31.3 Å². The molecule has 0 unspecified atom stereocenters. The first-order valence-corrected chi connectivity index (χ1v) is 9.32. The Balaban J connectivity index is 1.45. The fourth-order valence-electron chi connectivity index (χ4n) is 3.08. The van der Waals surface area contributed by atoms with Crippen LogP contribution in [-0.2, 0) is 18.0 Å². The lowest BCUT2D eigenvalue weighted by atomic mass is 10.2. The maximum absolute atomic E-state index is 12.6. The monoisotopic (exact) mass is 424 g/mol. The molecule has 3 rings (SSSR count). The van der Waals surface area contributed by atoms with Crippen molar-refractivity contribution in [3.8, 4) is 5.75 Å². The number of halogens is 3. The van der Waals surface area contributed by atoms with Gasteiger partial charge in [0.2, 0.25) is 5.91 Å². The number of carbonyl (C=O) groups excluding carboxylic acids is 1. The van der Waals surface area contributed by atoms with Gasteiger partial charge < -0.3 is 19.9 Å². The minimum absolute atomic E-state index is 0.0572. The van der Waals surface area contributed by atoms with Crippen LogP contribution in [0.15, 0.2) is 41.7 Å². The molecule has 0 spiro atoms. The lowest BCUT2D eigenvalue weighted by Gasteiger charge is -2.35. The molecule has 1 N–H and O–H groups in total. The van der Waals surface area contributed by atoms with Crippen molar-refractivity contribution in [1.82, 2.24) is 20.0 Å². The van der Waals surface area contributed by atoms with Crippen LogP contribution < -0.4 is 15.0 Å². The van der Waals surface area contributed by atoms with Crippen molar-refractivity contribution in [2.24, 2.45) is 12.0 Å². The second-order valence-corrected chi connectivity index (χ2v) is 6.68. The van der Waals surface area contributed by atoms with Crippen LogP contribution in [0.4, 0.5) is 18.9 Å². The Bertz CT molecular complexity index is 894. The van der Waals surface area contributed by atoms with E-state index in [-0.39, 0.29) is 19.1 Å². The van der Waals surface area contributed by atoms with Crippen molar-refractivity contribution in [2.75, 3.05) is 44.7 Å². The minimum Gasteiger partial charge on any atom is -0.492 e. The molecule has 1 aliphatic rings. The average molecular weight is 424 g/mol. The highest BCUT2D eigenvalue weighted by Gasteiger charge is 2.30. The average Bonchev–Trinajstić information content (AvgIpc) is 3.13. The van der Waals surface area contributed by atoms with Crippen LogP contribution in [0.3, 0.4) is 0 Å². The predicted molar refractivity (Wildman–Crippen MR) is 105 cm³/mol. The second kappa shape index (κ2) is 9.06. The summed E-state index contributed by atoms with van der Waals surface area (Å²) < 4.78 is 44.9. The normalized spacial score (nSPS) is 15.5. The van der Waals surface area contributed by atoms with Gasteiger partial charge in [-0.15, -0.1) is 0 Å². The number of nitrogens with one attached hydrogen (secondary N) is 1. The van der Waals surface area contributed by atoms with Gasteiger partial charge in [0, 0.05) is 33.4 Å². The van der Waals surface area contributed by atoms with Crippen LogP contribution >= 0.6 is 0 Å². The third-order valence-electron chi connectivity index (χ3n) is 4.57. The maximum Gasteiger partial charge on any atom is 0.416 e. The summed E-state index contributed by atoms with van der Waals surface area (Å²) in [4.78, 5) is 20.2. The molecule has 1 aromatic heterocycles. The number of carbonyl (C=O) groups is 1. The number of piperazine rings is 1. The van der Waals surface area contributed by atoms with Gasteiger partial charge in [0.25, 0.3) is 0 Å². The summed E-state index contributed by atoms with van der Waals surface area (Å²) in [5, 5.41) is 7.20. The summed E-state index contributed by atoms with van der Waals surface area (Å²) in [5.74, 6) is 0.850. The zero-order chi connectivity index (χ0) is 21.7. The molecule has 0 atom stereocenters. The molecule has 2 aromatic rings. The van der Waals surface area contributed by atoms with E-state index in [0.717, 1.165) is 17.8 Å². The van der Waals surface area contributed by atoms with Gasteiger partial charge in [-0.05, 0) is 24.3 Å². The standard InChI is InChI=1S/C19H23F3N6O2/c1-23-18(24-7-10-30-16-5-3-14(4-6-16)19(20,21)22)27-8-9-28(17(29)13-27)15-11-25-26(2)12-15/h3-6,11-12H,7-10,13H2,1-2H3,(H,23,24). The van der Waals surface area contributed by atoms with E-state index >= 15 is 0 Å². The molecule has 8 nitrogen and oxygen atoms in total. The number of aryl methyl sites for hydroxylation is 1. The van der Waals surface area contributed by atoms with E-state index in [4.69, 9.17) is 4.74 Å². The number of aromatic nitrogens is 2. The van der Waals surface area contributed by atoms with E-state index < -0.39 is 11.7 Å². The molecule has 2 heterocycles. The fourth-order valence-corrected chi connectivity index (χ4v) is 3.08. The number of anilines is 1. The van der Waals surface area contributed by atoms with Gasteiger partial charge >= 0.3 is 6.18 Å². The van der Waals surface area contributed by atoms with Gasteiger partial charge in [0.1, 0.15) is 18.9 Å². The molecule has 11 heteroatoms. The quantitative estimate of drug-likeness (QED) is 0.450. The first-order chi connectivity index (χ1) is 14.3. The van der Waals surface area contributed by atoms with E-state index in [9.17, 15) is 18.0 Å². The number of hydrogen-bond donors (Lipinski definition) is 1. The highest BCUT2D eigenvalue weighted by Crippen LogP contribution is 2.30. The molecule has 1 aliphatic heterocycles. The minimum atomic E-state index is -4.37. The highest BCUT2D eigenvalue weighted by molar-refractivity contribution is 5.98. The van der Waals surface area contributed by atoms with Crippen molar-refractivity contribution in [2.45, 2.75) is 6.18 Å². The Hall–Kier alpha value is -3.24. The zero-order valence-electron chi connectivity index (χ0n) is 16.7. The molecule has 30 heavy (non-hydrogen) atoms. The molecular formula is C19H23F3N6O2. The molecule has 1 fully saturated rings. The van der Waals surface area contributed by atoms with Gasteiger partial charge in [-0.2, -0.15) is 18.3 Å². The topological polar surface area (TPSA) is 75.0 Å². The third kappa shape index (κ3) is 5.22. The summed E-state index contributed by atoms with van der Waals surface area (Å²) in [6, 6.07) is 4.53.